The van der Waals surface area contributed by atoms with Crippen molar-refractivity contribution < 1.29 is 0 Å². The average Bonchev–Trinajstić information content (AvgIpc) is 2.98. The molecule has 6 heteroatoms. The fourth-order valence-corrected chi connectivity index (χ4v) is 3.08. The zero-order valence-corrected chi connectivity index (χ0v) is 11.9. The number of hydrogen-bond donors (Lipinski definition) is 1. The first-order valence-electron chi connectivity index (χ1n) is 6.43. The highest BCUT2D eigenvalue weighted by molar-refractivity contribution is 7.15. The van der Waals surface area contributed by atoms with Gasteiger partial charge in [0.2, 0.25) is 0 Å². The van der Waals surface area contributed by atoms with Crippen molar-refractivity contribution >= 4 is 22.3 Å². The summed E-state index contributed by atoms with van der Waals surface area (Å²) in [5.41, 5.74) is 0.989. The van der Waals surface area contributed by atoms with Crippen molar-refractivity contribution in [3.63, 3.8) is 0 Å². The van der Waals surface area contributed by atoms with Gasteiger partial charge in [-0.3, -0.25) is 0 Å². The first-order valence-corrected chi connectivity index (χ1v) is 7.25. The topological polar surface area (TPSA) is 53.9 Å². The molecule has 100 valence electrons. The van der Waals surface area contributed by atoms with E-state index in [9.17, 15) is 0 Å². The number of aryl methyl sites for hydroxylation is 2. The highest BCUT2D eigenvalue weighted by Gasteiger charge is 2.24. The van der Waals surface area contributed by atoms with Crippen molar-refractivity contribution in [2.75, 3.05) is 23.3 Å². The summed E-state index contributed by atoms with van der Waals surface area (Å²) >= 11 is 1.76. The lowest BCUT2D eigenvalue weighted by Gasteiger charge is -2.16. The lowest BCUT2D eigenvalue weighted by Crippen LogP contribution is -2.26. The van der Waals surface area contributed by atoms with Crippen molar-refractivity contribution in [3.8, 4) is 0 Å². The third kappa shape index (κ3) is 2.84. The maximum Gasteiger partial charge on any atom is 0.185 e. The van der Waals surface area contributed by atoms with Gasteiger partial charge in [0.25, 0.3) is 0 Å². The molecule has 0 spiro atoms. The minimum Gasteiger partial charge on any atom is -0.365 e. The van der Waals surface area contributed by atoms with E-state index in [0.717, 1.165) is 36.2 Å². The number of hydrogen-bond acceptors (Lipinski definition) is 6. The highest BCUT2D eigenvalue weighted by Crippen LogP contribution is 2.26. The van der Waals surface area contributed by atoms with E-state index >= 15 is 0 Å². The number of nitrogens with zero attached hydrogens (tertiary/aromatic N) is 4. The molecular formula is C13H17N5S. The smallest absolute Gasteiger partial charge is 0.185 e. The van der Waals surface area contributed by atoms with Gasteiger partial charge in [-0.25, -0.2) is 15.0 Å². The van der Waals surface area contributed by atoms with Gasteiger partial charge in [0, 0.05) is 42.0 Å². The first-order chi connectivity index (χ1) is 9.20. The van der Waals surface area contributed by atoms with Crippen LogP contribution in [0.2, 0.25) is 0 Å². The predicted octanol–water partition coefficient (Wildman–Crippen LogP) is 2.24. The Morgan fingerprint density at radius 2 is 2.21 bits per heavy atom. The van der Waals surface area contributed by atoms with E-state index in [1.54, 1.807) is 17.7 Å². The molecule has 0 saturated carbocycles. The Morgan fingerprint density at radius 3 is 2.95 bits per heavy atom. The minimum absolute atomic E-state index is 0.429. The van der Waals surface area contributed by atoms with Crippen LogP contribution in [0, 0.1) is 13.8 Å². The molecule has 1 atom stereocenters. The summed E-state index contributed by atoms with van der Waals surface area (Å²) in [5.74, 6) is 0.912. The largest absolute Gasteiger partial charge is 0.365 e. The van der Waals surface area contributed by atoms with Crippen LogP contribution in [0.25, 0.3) is 0 Å². The molecule has 0 aromatic carbocycles. The molecule has 3 heterocycles. The molecule has 1 aliphatic rings. The van der Waals surface area contributed by atoms with Crippen molar-refractivity contribution in [1.82, 2.24) is 15.0 Å². The van der Waals surface area contributed by atoms with Crippen LogP contribution in [0.1, 0.15) is 17.0 Å². The molecule has 0 aliphatic carbocycles. The van der Waals surface area contributed by atoms with Crippen molar-refractivity contribution in [3.05, 3.63) is 29.2 Å². The van der Waals surface area contributed by atoms with Gasteiger partial charge in [-0.2, -0.15) is 0 Å². The molecule has 1 saturated heterocycles. The normalized spacial score (nSPS) is 18.8. The van der Waals surface area contributed by atoms with E-state index in [2.05, 4.69) is 32.1 Å². The number of rotatable bonds is 3. The molecule has 0 bridgehead atoms. The van der Waals surface area contributed by atoms with Crippen LogP contribution in [-0.2, 0) is 0 Å². The molecule has 2 aromatic rings. The second-order valence-electron chi connectivity index (χ2n) is 4.87. The summed E-state index contributed by atoms with van der Waals surface area (Å²) in [6, 6.07) is 2.41. The SMILES string of the molecule is Cc1cc(NC2CCN(c3ncc(C)s3)C2)ncn1. The van der Waals surface area contributed by atoms with E-state index < -0.39 is 0 Å². The fourth-order valence-electron chi connectivity index (χ4n) is 2.28. The molecule has 1 aliphatic heterocycles. The van der Waals surface area contributed by atoms with Crippen LogP contribution >= 0.6 is 11.3 Å². The summed E-state index contributed by atoms with van der Waals surface area (Å²) in [6.07, 6.45) is 4.66. The van der Waals surface area contributed by atoms with Gasteiger partial charge in [-0.05, 0) is 20.3 Å². The summed E-state index contributed by atoms with van der Waals surface area (Å²) in [6.45, 7) is 6.10. The van der Waals surface area contributed by atoms with Crippen molar-refractivity contribution in [1.29, 1.82) is 0 Å². The quantitative estimate of drug-likeness (QED) is 0.931. The maximum absolute atomic E-state index is 4.44. The molecule has 2 aromatic heterocycles. The highest BCUT2D eigenvalue weighted by atomic mass is 32.1. The Morgan fingerprint density at radius 1 is 1.32 bits per heavy atom. The number of aromatic nitrogens is 3. The molecule has 5 nitrogen and oxygen atoms in total. The van der Waals surface area contributed by atoms with Crippen LogP contribution < -0.4 is 10.2 Å². The van der Waals surface area contributed by atoms with Crippen LogP contribution in [0.3, 0.4) is 0 Å². The summed E-state index contributed by atoms with van der Waals surface area (Å²) in [4.78, 5) is 16.4. The van der Waals surface area contributed by atoms with Crippen LogP contribution in [0.4, 0.5) is 10.9 Å². The predicted molar refractivity (Wildman–Crippen MR) is 77.9 cm³/mol. The monoisotopic (exact) mass is 275 g/mol. The average molecular weight is 275 g/mol. The Hall–Kier alpha value is -1.69. The minimum atomic E-state index is 0.429. The van der Waals surface area contributed by atoms with Crippen molar-refractivity contribution in [2.45, 2.75) is 26.3 Å². The summed E-state index contributed by atoms with van der Waals surface area (Å²) in [7, 11) is 0. The van der Waals surface area contributed by atoms with E-state index in [0.29, 0.717) is 6.04 Å². The van der Waals surface area contributed by atoms with Gasteiger partial charge in [0.1, 0.15) is 12.1 Å². The number of nitrogens with one attached hydrogen (secondary N) is 1. The Kier molecular flexibility index (Phi) is 3.33. The molecule has 0 radical (unpaired) electrons. The van der Waals surface area contributed by atoms with Gasteiger partial charge in [0.05, 0.1) is 0 Å². The molecule has 19 heavy (non-hydrogen) atoms. The van der Waals surface area contributed by atoms with Crippen LogP contribution in [-0.4, -0.2) is 34.1 Å². The second kappa shape index (κ2) is 5.13. The molecular weight excluding hydrogens is 258 g/mol. The third-order valence-corrected chi connectivity index (χ3v) is 4.20. The molecule has 1 fully saturated rings. The lowest BCUT2D eigenvalue weighted by atomic mass is 10.2. The van der Waals surface area contributed by atoms with Gasteiger partial charge >= 0.3 is 0 Å². The Labute approximate surface area is 116 Å². The zero-order chi connectivity index (χ0) is 13.2. The zero-order valence-electron chi connectivity index (χ0n) is 11.1. The van der Waals surface area contributed by atoms with Crippen LogP contribution in [0.15, 0.2) is 18.6 Å². The molecule has 3 rings (SSSR count). The van der Waals surface area contributed by atoms with Gasteiger partial charge in [-0.1, -0.05) is 0 Å². The number of anilines is 2. The standard InChI is InChI=1S/C13H17N5S/c1-9-5-12(16-8-15-9)17-11-3-4-18(7-11)13-14-6-10(2)19-13/h5-6,8,11H,3-4,7H2,1-2H3,(H,15,16,17). The lowest BCUT2D eigenvalue weighted by molar-refractivity contribution is 0.798. The first kappa shape index (κ1) is 12.3. The Bertz CT molecular complexity index is 568. The van der Waals surface area contributed by atoms with Gasteiger partial charge < -0.3 is 10.2 Å². The van der Waals surface area contributed by atoms with Gasteiger partial charge in [-0.15, -0.1) is 11.3 Å². The summed E-state index contributed by atoms with van der Waals surface area (Å²) < 4.78 is 0. The van der Waals surface area contributed by atoms with Crippen LogP contribution in [0.5, 0.6) is 0 Å². The maximum atomic E-state index is 4.44. The Balaban J connectivity index is 1.63. The fraction of sp³-hybridized carbons (Fsp3) is 0.462. The van der Waals surface area contributed by atoms with E-state index in [1.165, 1.54) is 4.88 Å². The second-order valence-corrected chi connectivity index (χ2v) is 6.09. The molecule has 0 amide bonds. The van der Waals surface area contributed by atoms with E-state index in [1.807, 2.05) is 19.2 Å². The van der Waals surface area contributed by atoms with E-state index in [4.69, 9.17) is 0 Å². The molecule has 1 N–H and O–H groups in total. The summed E-state index contributed by atoms with van der Waals surface area (Å²) in [5, 5.41) is 4.60. The van der Waals surface area contributed by atoms with Crippen molar-refractivity contribution in [2.24, 2.45) is 0 Å². The molecule has 1 unspecified atom stereocenters. The number of thiazole rings is 1. The van der Waals surface area contributed by atoms with Gasteiger partial charge in [0.15, 0.2) is 5.13 Å². The van der Waals surface area contributed by atoms with E-state index in [-0.39, 0.29) is 0 Å². The third-order valence-electron chi connectivity index (χ3n) is 3.22.